The molecular weight excluding hydrogens is 678 g/mol. The Bertz CT molecular complexity index is 2250. The van der Waals surface area contributed by atoms with Gasteiger partial charge in [-0.15, -0.1) is 0 Å². The molecule has 0 aromatic heterocycles. The number of rotatable bonds is 12. The minimum atomic E-state index is -4.28. The van der Waals surface area contributed by atoms with E-state index in [1.54, 1.807) is 0 Å². The number of unbranched alkanes of at least 4 members (excludes halogenated alkanes) is 2. The van der Waals surface area contributed by atoms with E-state index < -0.39 is 20.2 Å². The third kappa shape index (κ3) is 7.75. The van der Waals surface area contributed by atoms with Gasteiger partial charge in [-0.2, -0.15) is 4.58 Å². The molecule has 1 aliphatic carbocycles. The van der Waals surface area contributed by atoms with E-state index in [0.29, 0.717) is 32.2 Å². The minimum absolute atomic E-state index is 0. The molecule has 1 aliphatic heterocycles. The smallest absolute Gasteiger partial charge is 0.748 e. The van der Waals surface area contributed by atoms with E-state index in [1.807, 2.05) is 12.1 Å². The zero-order valence-corrected chi connectivity index (χ0v) is 33.2. The van der Waals surface area contributed by atoms with Gasteiger partial charge in [0.05, 0.1) is 25.7 Å². The van der Waals surface area contributed by atoms with Crippen LogP contribution in [0, 0.1) is 0 Å². The quantitative estimate of drug-likeness (QED) is 0.0883. The third-order valence-electron chi connectivity index (χ3n) is 10.5. The van der Waals surface area contributed by atoms with Crippen LogP contribution in [-0.4, -0.2) is 54.3 Å². The van der Waals surface area contributed by atoms with Crippen LogP contribution in [0.4, 0.5) is 5.69 Å². The Hall–Kier alpha value is -2.63. The van der Waals surface area contributed by atoms with Crippen molar-refractivity contribution in [2.24, 2.45) is 0 Å². The van der Waals surface area contributed by atoms with E-state index in [1.165, 1.54) is 38.4 Å². The zero-order chi connectivity index (χ0) is 35.2. The van der Waals surface area contributed by atoms with Crippen LogP contribution in [0.2, 0.25) is 0 Å². The molecule has 0 saturated heterocycles. The first-order valence-electron chi connectivity index (χ1n) is 17.0. The number of benzene rings is 4. The average molecular weight is 722 g/mol. The van der Waals surface area contributed by atoms with Gasteiger partial charge in [0.15, 0.2) is 5.71 Å². The molecule has 0 N–H and O–H groups in total. The monoisotopic (exact) mass is 721 g/mol. The summed E-state index contributed by atoms with van der Waals surface area (Å²) in [7, 11) is -8.55. The van der Waals surface area contributed by atoms with E-state index in [2.05, 4.69) is 111 Å². The molecule has 10 heteroatoms. The number of allylic oxidation sites excluding steroid dienone is 4. The molecule has 6 rings (SSSR count). The van der Waals surface area contributed by atoms with Crippen molar-refractivity contribution >= 4 is 53.2 Å². The van der Waals surface area contributed by atoms with Gasteiger partial charge in [-0.3, -0.25) is 0 Å². The molecule has 2 aliphatic rings. The van der Waals surface area contributed by atoms with Crippen molar-refractivity contribution in [2.75, 3.05) is 18.1 Å². The van der Waals surface area contributed by atoms with Crippen molar-refractivity contribution < 1.29 is 60.1 Å². The first-order valence-corrected chi connectivity index (χ1v) is 20.2. The molecule has 0 bridgehead atoms. The first-order chi connectivity index (χ1) is 23.1. The van der Waals surface area contributed by atoms with Crippen LogP contribution in [0.25, 0.3) is 21.5 Å². The van der Waals surface area contributed by atoms with Crippen LogP contribution in [0.1, 0.15) is 82.4 Å². The molecule has 1 heterocycles. The van der Waals surface area contributed by atoms with Gasteiger partial charge in [0.2, 0.25) is 5.69 Å². The van der Waals surface area contributed by atoms with Gasteiger partial charge >= 0.3 is 29.6 Å². The Morgan fingerprint density at radius 3 is 1.88 bits per heavy atom. The van der Waals surface area contributed by atoms with Gasteiger partial charge in [-0.05, 0) is 71.8 Å². The largest absolute Gasteiger partial charge is 1.00 e. The van der Waals surface area contributed by atoms with Gasteiger partial charge in [0, 0.05) is 47.0 Å². The van der Waals surface area contributed by atoms with Crippen LogP contribution < -0.4 is 29.6 Å². The molecule has 1 atom stereocenters. The second-order valence-electron chi connectivity index (χ2n) is 14.5. The van der Waals surface area contributed by atoms with Gasteiger partial charge in [0.25, 0.3) is 0 Å². The van der Waals surface area contributed by atoms with Crippen molar-refractivity contribution in [3.05, 3.63) is 113 Å². The summed E-state index contributed by atoms with van der Waals surface area (Å²) < 4.78 is 70.3. The molecule has 4 aromatic rings. The second-order valence-corrected chi connectivity index (χ2v) is 17.5. The molecule has 0 fully saturated rings. The standard InChI is InChI=1S/C40H45NO6S2.Na/c1-39(2)34(32(18-9-11-26-48(42,43)44)33-23-21-28-14-5-7-16-30(28)37(33)39)19-13-20-36-40(3,4)38-31-17-8-6-15-29(31)22-24-35(38)41(36)25-10-12-27-49(45,46)47;/h5-8,13-17,19-24,32H,9-12,18,25-27H2,1-4H3,(H-,42,43,44,45,46,47);/q;+1/p-1. The molecule has 4 aromatic carbocycles. The first kappa shape index (κ1) is 38.6. The Kier molecular flexibility index (Phi) is 11.4. The maximum atomic E-state index is 11.3. The number of hydrogen-bond donors (Lipinski definition) is 0. The van der Waals surface area contributed by atoms with Gasteiger partial charge in [-0.1, -0.05) is 98.7 Å². The molecular formula is C40H44NNaO6S2. The van der Waals surface area contributed by atoms with Crippen LogP contribution >= 0.6 is 0 Å². The summed E-state index contributed by atoms with van der Waals surface area (Å²) in [5.41, 5.74) is 6.53. The third-order valence-corrected chi connectivity index (χ3v) is 12.1. The Morgan fingerprint density at radius 1 is 0.700 bits per heavy atom. The Labute approximate surface area is 319 Å². The van der Waals surface area contributed by atoms with E-state index in [9.17, 15) is 25.9 Å². The molecule has 258 valence electrons. The summed E-state index contributed by atoms with van der Waals surface area (Å²) in [5.74, 6) is -0.661. The second kappa shape index (κ2) is 14.8. The molecule has 0 radical (unpaired) electrons. The molecule has 1 unspecified atom stereocenters. The van der Waals surface area contributed by atoms with Crippen LogP contribution in [0.5, 0.6) is 0 Å². The summed E-state index contributed by atoms with van der Waals surface area (Å²) in [6.45, 7) is 9.54. The van der Waals surface area contributed by atoms with Crippen molar-refractivity contribution in [3.63, 3.8) is 0 Å². The van der Waals surface area contributed by atoms with E-state index >= 15 is 0 Å². The molecule has 0 amide bonds. The normalized spacial score (nSPS) is 19.0. The predicted molar refractivity (Wildman–Crippen MR) is 196 cm³/mol. The maximum Gasteiger partial charge on any atom is 1.00 e. The van der Waals surface area contributed by atoms with Crippen molar-refractivity contribution in [1.82, 2.24) is 0 Å². The molecule has 0 spiro atoms. The molecule has 50 heavy (non-hydrogen) atoms. The summed E-state index contributed by atoms with van der Waals surface area (Å²) in [6, 6.07) is 25.4. The fourth-order valence-corrected chi connectivity index (χ4v) is 9.47. The number of hydrogen-bond acceptors (Lipinski definition) is 6. The van der Waals surface area contributed by atoms with Crippen LogP contribution in [0.15, 0.2) is 96.6 Å². The zero-order valence-electron chi connectivity index (χ0n) is 29.6. The SMILES string of the molecule is CC1(C)C(=CC=CC2=[N+](CCCCS(=O)(=O)[O-])c3ccc4ccccc4c3C2(C)C)C(CCCCS(=O)(=O)[O-])c2ccc3ccccc3c21.[Na+]. The van der Waals surface area contributed by atoms with Crippen LogP contribution in [-0.2, 0) is 31.1 Å². The fraction of sp³-hybridized carbons (Fsp3) is 0.375. The minimum Gasteiger partial charge on any atom is -0.748 e. The summed E-state index contributed by atoms with van der Waals surface area (Å²) >= 11 is 0. The van der Waals surface area contributed by atoms with E-state index in [4.69, 9.17) is 0 Å². The summed E-state index contributed by atoms with van der Waals surface area (Å²) in [6.07, 6.45) is 9.05. The van der Waals surface area contributed by atoms with E-state index in [0.717, 1.165) is 23.2 Å². The van der Waals surface area contributed by atoms with Crippen molar-refractivity contribution in [2.45, 2.75) is 76.5 Å². The molecule has 7 nitrogen and oxygen atoms in total. The summed E-state index contributed by atoms with van der Waals surface area (Å²) in [4.78, 5) is 0. The number of fused-ring (bicyclic) bond motifs is 6. The van der Waals surface area contributed by atoms with E-state index in [-0.39, 0.29) is 57.8 Å². The average Bonchev–Trinajstić information content (AvgIpc) is 3.39. The van der Waals surface area contributed by atoms with Gasteiger partial charge in [-0.25, -0.2) is 16.8 Å². The Balaban J connectivity index is 0.00000486. The van der Waals surface area contributed by atoms with Crippen molar-refractivity contribution in [3.8, 4) is 0 Å². The van der Waals surface area contributed by atoms with Crippen molar-refractivity contribution in [1.29, 1.82) is 0 Å². The van der Waals surface area contributed by atoms with Gasteiger partial charge in [0.1, 0.15) is 6.54 Å². The Morgan fingerprint density at radius 2 is 1.26 bits per heavy atom. The topological polar surface area (TPSA) is 117 Å². The number of nitrogens with zero attached hydrogens (tertiary/aromatic N) is 1. The maximum absolute atomic E-state index is 11.3. The fourth-order valence-electron chi connectivity index (χ4n) is 8.35. The van der Waals surface area contributed by atoms with Gasteiger partial charge < -0.3 is 9.11 Å². The summed E-state index contributed by atoms with van der Waals surface area (Å²) in [5, 5.41) is 4.73. The predicted octanol–water partition coefficient (Wildman–Crippen LogP) is 4.97. The molecule has 0 saturated carbocycles. The van der Waals surface area contributed by atoms with Crippen LogP contribution in [0.3, 0.4) is 0 Å².